The number of halogens is 1. The molecule has 2 aromatic rings. The lowest BCUT2D eigenvalue weighted by atomic mass is 9.77. The number of likely N-dealkylation sites (tertiary alicyclic amines) is 2. The van der Waals surface area contributed by atoms with E-state index in [0.717, 1.165) is 30.4 Å². The normalized spacial score (nSPS) is 31.1. The molecule has 7 heteroatoms. The van der Waals surface area contributed by atoms with Gasteiger partial charge in [-0.15, -0.1) is 0 Å². The summed E-state index contributed by atoms with van der Waals surface area (Å²) in [5.41, 5.74) is 1.44. The van der Waals surface area contributed by atoms with E-state index in [1.165, 1.54) is 58.1 Å². The van der Waals surface area contributed by atoms with Crippen molar-refractivity contribution in [2.75, 3.05) is 26.2 Å². The average molecular weight is 446 g/mol. The molecule has 3 saturated heterocycles. The first-order valence-electron chi connectivity index (χ1n) is 12.0. The molecule has 2 aromatic heterocycles. The van der Waals surface area contributed by atoms with Gasteiger partial charge in [-0.1, -0.05) is 18.0 Å². The van der Waals surface area contributed by atoms with Crippen LogP contribution in [-0.4, -0.2) is 67.7 Å². The van der Waals surface area contributed by atoms with Crippen molar-refractivity contribution in [1.82, 2.24) is 24.3 Å². The van der Waals surface area contributed by atoms with E-state index in [1.54, 1.807) is 0 Å². The predicted octanol–water partition coefficient (Wildman–Crippen LogP) is 4.88. The van der Waals surface area contributed by atoms with Crippen LogP contribution in [-0.2, 0) is 4.74 Å². The van der Waals surface area contributed by atoms with Crippen molar-refractivity contribution < 1.29 is 4.74 Å². The number of hydrogen-bond donors (Lipinski definition) is 0. The zero-order chi connectivity index (χ0) is 21.6. The van der Waals surface area contributed by atoms with Crippen molar-refractivity contribution >= 4 is 22.6 Å². The Morgan fingerprint density at radius 1 is 1.13 bits per heavy atom. The molecule has 6 nitrogen and oxygen atoms in total. The third-order valence-electron chi connectivity index (χ3n) is 7.61. The first kappa shape index (κ1) is 21.6. The Hall–Kier alpha value is -1.21. The smallest absolute Gasteiger partial charge is 0.146 e. The molecule has 0 aromatic carbocycles. The fourth-order valence-corrected chi connectivity index (χ4v) is 6.61. The Bertz CT molecular complexity index is 920. The second-order valence-corrected chi connectivity index (χ2v) is 11.1. The van der Waals surface area contributed by atoms with Crippen molar-refractivity contribution in [3.63, 3.8) is 0 Å². The summed E-state index contributed by atoms with van der Waals surface area (Å²) in [7, 11) is 0. The van der Waals surface area contributed by atoms with Crippen LogP contribution in [0.3, 0.4) is 0 Å². The molecule has 3 aliphatic heterocycles. The predicted molar refractivity (Wildman–Crippen MR) is 124 cm³/mol. The molecule has 3 unspecified atom stereocenters. The summed E-state index contributed by atoms with van der Waals surface area (Å²) in [6.45, 7) is 11.8. The number of nitrogens with zero attached hydrogens (tertiary/aromatic N) is 5. The summed E-state index contributed by atoms with van der Waals surface area (Å²) in [6.07, 6.45) is 12.7. The Kier molecular flexibility index (Phi) is 5.78. The minimum atomic E-state index is 0.0352. The molecule has 31 heavy (non-hydrogen) atoms. The van der Waals surface area contributed by atoms with E-state index < -0.39 is 0 Å². The van der Waals surface area contributed by atoms with Gasteiger partial charge in [0.15, 0.2) is 0 Å². The van der Waals surface area contributed by atoms with E-state index in [0.29, 0.717) is 10.7 Å². The van der Waals surface area contributed by atoms with E-state index >= 15 is 0 Å². The lowest BCUT2D eigenvalue weighted by molar-refractivity contribution is -0.0789. The maximum absolute atomic E-state index is 6.53. The van der Waals surface area contributed by atoms with E-state index in [9.17, 15) is 0 Å². The molecule has 0 aliphatic carbocycles. The van der Waals surface area contributed by atoms with Crippen LogP contribution in [0.15, 0.2) is 18.6 Å². The third-order valence-corrected chi connectivity index (χ3v) is 7.91. The van der Waals surface area contributed by atoms with Crippen molar-refractivity contribution in [3.05, 3.63) is 23.7 Å². The van der Waals surface area contributed by atoms with Gasteiger partial charge in [-0.25, -0.2) is 9.97 Å². The number of rotatable bonds is 3. The van der Waals surface area contributed by atoms with Crippen LogP contribution in [0.4, 0.5) is 0 Å². The van der Waals surface area contributed by atoms with Gasteiger partial charge in [0.1, 0.15) is 23.4 Å². The fraction of sp³-hybridized carbons (Fsp3) is 0.750. The molecule has 170 valence electrons. The van der Waals surface area contributed by atoms with E-state index in [2.05, 4.69) is 45.1 Å². The Labute approximate surface area is 190 Å². The molecule has 3 fully saturated rings. The van der Waals surface area contributed by atoms with Crippen molar-refractivity contribution in [2.45, 2.75) is 89.1 Å². The number of fused-ring (bicyclic) bond motifs is 1. The van der Waals surface area contributed by atoms with Crippen molar-refractivity contribution in [3.8, 4) is 0 Å². The molecule has 0 amide bonds. The molecule has 0 radical (unpaired) electrons. The topological polar surface area (TPSA) is 46.4 Å². The van der Waals surface area contributed by atoms with E-state index in [4.69, 9.17) is 16.3 Å². The third kappa shape index (κ3) is 4.12. The number of piperidine rings is 2. The summed E-state index contributed by atoms with van der Waals surface area (Å²) >= 11 is 6.23. The molecular formula is C24H36ClN5O. The van der Waals surface area contributed by atoms with Crippen LogP contribution in [0.2, 0.25) is 5.15 Å². The fourth-order valence-electron chi connectivity index (χ4n) is 6.42. The highest BCUT2D eigenvalue weighted by molar-refractivity contribution is 6.33. The van der Waals surface area contributed by atoms with Gasteiger partial charge in [0, 0.05) is 30.4 Å². The zero-order valence-electron chi connectivity index (χ0n) is 19.2. The lowest BCUT2D eigenvalue weighted by Gasteiger charge is -2.57. The molecule has 1 spiro atoms. The van der Waals surface area contributed by atoms with Crippen molar-refractivity contribution in [1.29, 1.82) is 0 Å². The highest BCUT2D eigenvalue weighted by Crippen LogP contribution is 2.41. The van der Waals surface area contributed by atoms with Gasteiger partial charge < -0.3 is 9.30 Å². The van der Waals surface area contributed by atoms with Gasteiger partial charge >= 0.3 is 0 Å². The molecule has 0 bridgehead atoms. The van der Waals surface area contributed by atoms with Crippen LogP contribution in [0.25, 0.3) is 11.0 Å². The number of aromatic nitrogens is 3. The molecule has 0 saturated carbocycles. The van der Waals surface area contributed by atoms with Gasteiger partial charge in [0.2, 0.25) is 0 Å². The SMILES string of the molecule is CC(C)(C)N1CCCCC12CCCN(CC1CCC(n3ccc4c(Cl)ncnc43)O1)C2. The summed E-state index contributed by atoms with van der Waals surface area (Å²) in [5.74, 6) is 0. The molecular weight excluding hydrogens is 410 g/mol. The second kappa shape index (κ2) is 8.29. The molecule has 3 atom stereocenters. The first-order chi connectivity index (χ1) is 14.9. The minimum absolute atomic E-state index is 0.0352. The summed E-state index contributed by atoms with van der Waals surface area (Å²) in [4.78, 5) is 14.1. The zero-order valence-corrected chi connectivity index (χ0v) is 19.9. The van der Waals surface area contributed by atoms with Crippen LogP contribution >= 0.6 is 11.6 Å². The van der Waals surface area contributed by atoms with Gasteiger partial charge in [-0.3, -0.25) is 9.80 Å². The van der Waals surface area contributed by atoms with Gasteiger partial charge in [0.05, 0.1) is 11.5 Å². The monoisotopic (exact) mass is 445 g/mol. The molecule has 3 aliphatic rings. The highest BCUT2D eigenvalue weighted by Gasteiger charge is 2.46. The highest BCUT2D eigenvalue weighted by atomic mass is 35.5. The van der Waals surface area contributed by atoms with Gasteiger partial charge in [-0.2, -0.15) is 0 Å². The van der Waals surface area contributed by atoms with Crippen LogP contribution in [0.5, 0.6) is 0 Å². The first-order valence-corrected chi connectivity index (χ1v) is 12.4. The summed E-state index contributed by atoms with van der Waals surface area (Å²) < 4.78 is 8.66. The van der Waals surface area contributed by atoms with Gasteiger partial charge in [0.25, 0.3) is 0 Å². The number of ether oxygens (including phenoxy) is 1. The summed E-state index contributed by atoms with van der Waals surface area (Å²) in [6, 6.07) is 1.99. The van der Waals surface area contributed by atoms with E-state index in [-0.39, 0.29) is 17.9 Å². The quantitative estimate of drug-likeness (QED) is 0.630. The second-order valence-electron chi connectivity index (χ2n) is 10.8. The maximum Gasteiger partial charge on any atom is 0.146 e. The Balaban J connectivity index is 1.26. The number of hydrogen-bond acceptors (Lipinski definition) is 5. The molecule has 0 N–H and O–H groups in total. The standard InChI is InChI=1S/C24H36ClN5O/c1-23(2,3)30-13-5-4-10-24(30)11-6-12-28(16-24)15-18-7-8-20(31-18)29-14-9-19-21(25)26-17-27-22(19)29/h9,14,17-18,20H,4-8,10-13,15-16H2,1-3H3. The minimum Gasteiger partial charge on any atom is -0.353 e. The maximum atomic E-state index is 6.53. The van der Waals surface area contributed by atoms with Crippen LogP contribution in [0.1, 0.15) is 71.9 Å². The largest absolute Gasteiger partial charge is 0.353 e. The van der Waals surface area contributed by atoms with Crippen LogP contribution < -0.4 is 0 Å². The molecule has 5 rings (SSSR count). The Morgan fingerprint density at radius 3 is 2.81 bits per heavy atom. The average Bonchev–Trinajstić information content (AvgIpc) is 3.35. The van der Waals surface area contributed by atoms with Gasteiger partial charge in [-0.05, 0) is 78.5 Å². The van der Waals surface area contributed by atoms with Crippen molar-refractivity contribution in [2.24, 2.45) is 0 Å². The van der Waals surface area contributed by atoms with Crippen LogP contribution in [0, 0.1) is 0 Å². The lowest BCUT2D eigenvalue weighted by Crippen LogP contribution is -2.65. The Morgan fingerprint density at radius 2 is 1.97 bits per heavy atom. The summed E-state index contributed by atoms with van der Waals surface area (Å²) in [5, 5.41) is 1.40. The molecule has 5 heterocycles. The van der Waals surface area contributed by atoms with E-state index in [1.807, 2.05) is 12.3 Å².